The second-order valence-electron chi connectivity index (χ2n) is 4.30. The molecule has 1 N–H and O–H groups in total. The molecule has 1 unspecified atom stereocenters. The van der Waals surface area contributed by atoms with Crippen LogP contribution in [-0.2, 0) is 14.3 Å². The summed E-state index contributed by atoms with van der Waals surface area (Å²) in [5, 5.41) is 9.10. The summed E-state index contributed by atoms with van der Waals surface area (Å²) in [6.45, 7) is 5.21. The molecule has 2 atom stereocenters. The highest BCUT2D eigenvalue weighted by Crippen LogP contribution is 2.29. The van der Waals surface area contributed by atoms with E-state index in [9.17, 15) is 4.79 Å². The molecule has 1 rings (SSSR count). The van der Waals surface area contributed by atoms with Gasteiger partial charge in [-0.25, -0.2) is 0 Å². The third kappa shape index (κ3) is 3.15. The predicted molar refractivity (Wildman–Crippen MR) is 54.5 cm³/mol. The van der Waals surface area contributed by atoms with E-state index in [2.05, 4.69) is 0 Å². The fourth-order valence-electron chi connectivity index (χ4n) is 1.42. The molecule has 0 bridgehead atoms. The topological polar surface area (TPSA) is 58.8 Å². The van der Waals surface area contributed by atoms with Gasteiger partial charge in [-0.15, -0.1) is 0 Å². The number of esters is 1. The summed E-state index contributed by atoms with van der Waals surface area (Å²) in [7, 11) is 1.56. The van der Waals surface area contributed by atoms with Crippen molar-refractivity contribution in [2.45, 2.75) is 25.4 Å². The summed E-state index contributed by atoms with van der Waals surface area (Å²) in [6, 6.07) is -0.191. The Balaban J connectivity index is 2.28. The second kappa shape index (κ2) is 4.92. The van der Waals surface area contributed by atoms with Gasteiger partial charge in [0.25, 0.3) is 0 Å². The molecule has 0 spiro atoms. The van der Waals surface area contributed by atoms with Crippen molar-refractivity contribution in [3.63, 3.8) is 0 Å². The van der Waals surface area contributed by atoms with Crippen LogP contribution in [-0.4, -0.2) is 61.0 Å². The maximum absolute atomic E-state index is 11.5. The molecule has 15 heavy (non-hydrogen) atoms. The lowest BCUT2D eigenvalue weighted by atomic mass is 10.1. The van der Waals surface area contributed by atoms with E-state index in [1.165, 1.54) is 0 Å². The Morgan fingerprint density at radius 3 is 2.73 bits per heavy atom. The first kappa shape index (κ1) is 12.4. The predicted octanol–water partition coefficient (Wildman–Crippen LogP) is -0.369. The molecule has 0 radical (unpaired) electrons. The molecular formula is C10H19NO4. The minimum Gasteiger partial charge on any atom is -0.462 e. The Bertz CT molecular complexity index is 229. The summed E-state index contributed by atoms with van der Waals surface area (Å²) >= 11 is 0. The molecule has 0 amide bonds. The summed E-state index contributed by atoms with van der Waals surface area (Å²) in [6.07, 6.45) is 0. The maximum atomic E-state index is 11.5. The standard InChI is InChI=1S/C10H19NO4/c1-10(2,7-12)11-6-8(11)9(13)15-5-4-14-3/h8,12H,4-7H2,1-3H3/t8-,11?/m0/s1. The molecule has 1 aliphatic rings. The van der Waals surface area contributed by atoms with Gasteiger partial charge in [0.15, 0.2) is 0 Å². The minimum absolute atomic E-state index is 0.0366. The van der Waals surface area contributed by atoms with Gasteiger partial charge in [-0.3, -0.25) is 9.69 Å². The summed E-state index contributed by atoms with van der Waals surface area (Å²) in [5.41, 5.74) is -0.342. The number of carbonyl (C=O) groups is 1. The highest BCUT2D eigenvalue weighted by Gasteiger charge is 2.49. The Morgan fingerprint density at radius 2 is 2.20 bits per heavy atom. The van der Waals surface area contributed by atoms with E-state index in [4.69, 9.17) is 14.6 Å². The average Bonchev–Trinajstić information content (AvgIpc) is 2.98. The van der Waals surface area contributed by atoms with E-state index in [1.54, 1.807) is 7.11 Å². The fraction of sp³-hybridized carbons (Fsp3) is 0.900. The third-order valence-corrected chi connectivity index (χ3v) is 2.58. The van der Waals surface area contributed by atoms with Gasteiger partial charge in [0.1, 0.15) is 12.6 Å². The first-order valence-electron chi connectivity index (χ1n) is 5.06. The Morgan fingerprint density at radius 1 is 1.53 bits per heavy atom. The molecule has 5 heteroatoms. The van der Waals surface area contributed by atoms with Crippen LogP contribution in [0.3, 0.4) is 0 Å². The minimum atomic E-state index is -0.342. The van der Waals surface area contributed by atoms with Gasteiger partial charge in [-0.2, -0.15) is 0 Å². The zero-order valence-corrected chi connectivity index (χ0v) is 9.52. The van der Waals surface area contributed by atoms with Gasteiger partial charge in [0.2, 0.25) is 0 Å². The number of aliphatic hydroxyl groups is 1. The summed E-state index contributed by atoms with van der Waals surface area (Å²) in [4.78, 5) is 13.4. The van der Waals surface area contributed by atoms with E-state index >= 15 is 0 Å². The molecule has 0 aromatic heterocycles. The molecule has 0 saturated carbocycles. The first-order valence-corrected chi connectivity index (χ1v) is 5.06. The number of hydrogen-bond donors (Lipinski definition) is 1. The van der Waals surface area contributed by atoms with Crippen molar-refractivity contribution in [2.75, 3.05) is 33.5 Å². The fourth-order valence-corrected chi connectivity index (χ4v) is 1.42. The number of aliphatic hydroxyl groups excluding tert-OH is 1. The van der Waals surface area contributed by atoms with Gasteiger partial charge >= 0.3 is 5.97 Å². The van der Waals surface area contributed by atoms with E-state index < -0.39 is 0 Å². The van der Waals surface area contributed by atoms with E-state index in [1.807, 2.05) is 18.7 Å². The number of nitrogens with zero attached hydrogens (tertiary/aromatic N) is 1. The Hall–Kier alpha value is -0.650. The van der Waals surface area contributed by atoms with E-state index in [0.717, 1.165) is 0 Å². The average molecular weight is 217 g/mol. The van der Waals surface area contributed by atoms with Crippen molar-refractivity contribution in [1.82, 2.24) is 4.90 Å². The molecule has 88 valence electrons. The van der Waals surface area contributed by atoms with Crippen molar-refractivity contribution in [3.05, 3.63) is 0 Å². The Kier molecular flexibility index (Phi) is 4.07. The number of carbonyl (C=O) groups excluding carboxylic acids is 1. The van der Waals surface area contributed by atoms with Crippen LogP contribution in [0, 0.1) is 0 Å². The Labute approximate surface area is 90.0 Å². The van der Waals surface area contributed by atoms with Gasteiger partial charge in [-0.1, -0.05) is 0 Å². The van der Waals surface area contributed by atoms with Crippen LogP contribution in [0.15, 0.2) is 0 Å². The highest BCUT2D eigenvalue weighted by atomic mass is 16.6. The largest absolute Gasteiger partial charge is 0.462 e. The number of ether oxygens (including phenoxy) is 2. The van der Waals surface area contributed by atoms with Crippen molar-refractivity contribution in [2.24, 2.45) is 0 Å². The summed E-state index contributed by atoms with van der Waals surface area (Å²) < 4.78 is 9.77. The van der Waals surface area contributed by atoms with Crippen molar-refractivity contribution in [1.29, 1.82) is 0 Å². The van der Waals surface area contributed by atoms with Crippen molar-refractivity contribution in [3.8, 4) is 0 Å². The molecule has 1 fully saturated rings. The van der Waals surface area contributed by atoms with Crippen LogP contribution in [0.2, 0.25) is 0 Å². The van der Waals surface area contributed by atoms with Crippen molar-refractivity contribution < 1.29 is 19.4 Å². The molecule has 5 nitrogen and oxygen atoms in total. The quantitative estimate of drug-likeness (QED) is 0.374. The van der Waals surface area contributed by atoms with Crippen LogP contribution in [0.1, 0.15) is 13.8 Å². The molecular weight excluding hydrogens is 198 g/mol. The number of rotatable bonds is 6. The normalized spacial score (nSPS) is 25.1. The van der Waals surface area contributed by atoms with Crippen LogP contribution in [0.25, 0.3) is 0 Å². The lowest BCUT2D eigenvalue weighted by Gasteiger charge is -2.23. The first-order chi connectivity index (χ1) is 7.03. The number of hydrogen-bond acceptors (Lipinski definition) is 5. The highest BCUT2D eigenvalue weighted by molar-refractivity contribution is 5.79. The third-order valence-electron chi connectivity index (χ3n) is 2.58. The van der Waals surface area contributed by atoms with Crippen LogP contribution in [0.5, 0.6) is 0 Å². The van der Waals surface area contributed by atoms with Crippen molar-refractivity contribution >= 4 is 5.97 Å². The molecule has 0 aliphatic carbocycles. The van der Waals surface area contributed by atoms with Gasteiger partial charge < -0.3 is 14.6 Å². The van der Waals surface area contributed by atoms with Gasteiger partial charge in [0, 0.05) is 19.2 Å². The van der Waals surface area contributed by atoms with E-state index in [-0.39, 0.29) is 24.2 Å². The molecule has 0 aromatic carbocycles. The lowest BCUT2D eigenvalue weighted by molar-refractivity contribution is -0.145. The smallest absolute Gasteiger partial charge is 0.324 e. The lowest BCUT2D eigenvalue weighted by Crippen LogP contribution is -2.37. The van der Waals surface area contributed by atoms with Crippen LogP contribution >= 0.6 is 0 Å². The zero-order chi connectivity index (χ0) is 11.5. The summed E-state index contributed by atoms with van der Waals surface area (Å²) in [5.74, 6) is -0.228. The molecule has 1 heterocycles. The molecule has 1 saturated heterocycles. The number of methoxy groups -OCH3 is 1. The van der Waals surface area contributed by atoms with Crippen LogP contribution in [0.4, 0.5) is 0 Å². The van der Waals surface area contributed by atoms with Gasteiger partial charge in [0.05, 0.1) is 13.2 Å². The second-order valence-corrected chi connectivity index (χ2v) is 4.30. The van der Waals surface area contributed by atoms with E-state index in [0.29, 0.717) is 19.8 Å². The van der Waals surface area contributed by atoms with Crippen LogP contribution < -0.4 is 0 Å². The maximum Gasteiger partial charge on any atom is 0.324 e. The zero-order valence-electron chi connectivity index (χ0n) is 9.52. The molecule has 1 aliphatic heterocycles. The van der Waals surface area contributed by atoms with Gasteiger partial charge in [-0.05, 0) is 13.8 Å². The monoisotopic (exact) mass is 217 g/mol. The SMILES string of the molecule is COCCOC(=O)[C@@H]1CN1C(C)(C)CO. The molecule has 0 aromatic rings.